The van der Waals surface area contributed by atoms with Gasteiger partial charge in [0, 0.05) is 22.5 Å². The summed E-state index contributed by atoms with van der Waals surface area (Å²) in [5.41, 5.74) is 6.34. The average Bonchev–Trinajstić information content (AvgIpc) is 3.53. The van der Waals surface area contributed by atoms with Gasteiger partial charge in [-0.05, 0) is 51.0 Å². The molecule has 3 heterocycles. The van der Waals surface area contributed by atoms with E-state index in [1.807, 2.05) is 35.2 Å². The molecule has 40 heavy (non-hydrogen) atoms. The quantitative estimate of drug-likeness (QED) is 0.338. The lowest BCUT2D eigenvalue weighted by atomic mass is 9.61. The molecule has 0 spiro atoms. The lowest BCUT2D eigenvalue weighted by Gasteiger charge is -2.43. The zero-order chi connectivity index (χ0) is 28.3. The topological polar surface area (TPSA) is 34.2 Å². The van der Waals surface area contributed by atoms with Crippen LogP contribution in [0, 0.1) is 0 Å². The standard InChI is InChI=1S/C31H22B5N3O/c1-30(2)31(3,4)39(28-26(35)24(33)23(32)25(34)27(28)36)29-37-18-13-17-21(14-19(18)38(29)30)40-20-12-8-11-16(22(17)20)15-9-6-5-7-10-15/h5-14H,1-4H3. The first kappa shape index (κ1) is 25.3. The van der Waals surface area contributed by atoms with E-state index in [9.17, 15) is 0 Å². The van der Waals surface area contributed by atoms with Crippen LogP contribution in [0.3, 0.4) is 0 Å². The summed E-state index contributed by atoms with van der Waals surface area (Å²) in [5.74, 6) is 0.687. The summed E-state index contributed by atoms with van der Waals surface area (Å²) in [6.45, 7) is 8.59. The zero-order valence-electron chi connectivity index (χ0n) is 22.9. The molecule has 0 aliphatic carbocycles. The van der Waals surface area contributed by atoms with Gasteiger partial charge < -0.3 is 13.9 Å². The molecule has 0 unspecified atom stereocenters. The van der Waals surface area contributed by atoms with Gasteiger partial charge >= 0.3 is 0 Å². The van der Waals surface area contributed by atoms with Gasteiger partial charge in [0.15, 0.2) is 0 Å². The van der Waals surface area contributed by atoms with Gasteiger partial charge in [0.1, 0.15) is 50.4 Å². The van der Waals surface area contributed by atoms with Crippen LogP contribution in [0.1, 0.15) is 27.7 Å². The van der Waals surface area contributed by atoms with E-state index < -0.39 is 11.1 Å². The summed E-state index contributed by atoms with van der Waals surface area (Å²) in [6.07, 6.45) is 0. The van der Waals surface area contributed by atoms with E-state index in [1.165, 1.54) is 0 Å². The molecule has 6 aromatic rings. The van der Waals surface area contributed by atoms with Crippen LogP contribution in [0.25, 0.3) is 44.1 Å². The summed E-state index contributed by atoms with van der Waals surface area (Å²) in [5, 5.41) is 2.06. The molecular formula is C31H22B5N3O. The molecule has 9 heteroatoms. The molecular weight excluding hydrogens is 484 g/mol. The fourth-order valence-electron chi connectivity index (χ4n) is 6.20. The monoisotopic (exact) mass is 507 g/mol. The third kappa shape index (κ3) is 3.06. The van der Waals surface area contributed by atoms with Crippen LogP contribution in [-0.4, -0.2) is 54.3 Å². The second kappa shape index (κ2) is 8.16. The molecule has 2 aromatic heterocycles. The normalized spacial score (nSPS) is 15.8. The van der Waals surface area contributed by atoms with Crippen LogP contribution in [0.2, 0.25) is 0 Å². The molecule has 0 fully saturated rings. The van der Waals surface area contributed by atoms with Gasteiger partial charge in [-0.1, -0.05) is 53.4 Å². The van der Waals surface area contributed by atoms with E-state index in [4.69, 9.17) is 48.6 Å². The number of anilines is 2. The van der Waals surface area contributed by atoms with Gasteiger partial charge in [-0.3, -0.25) is 0 Å². The minimum atomic E-state index is -0.524. The third-order valence-corrected chi connectivity index (χ3v) is 9.05. The molecule has 4 nitrogen and oxygen atoms in total. The number of fused-ring (bicyclic) bond motifs is 6. The molecule has 4 aromatic carbocycles. The number of furan rings is 1. The SMILES string of the molecule is [B]c1c([B])c([B])c(N2c3nc4cc5c(cc4n3C(C)(C)C2(C)C)oc2cccc(-c3ccccc3)c25)c([B])c1[B]. The van der Waals surface area contributed by atoms with Crippen molar-refractivity contribution in [2.24, 2.45) is 0 Å². The summed E-state index contributed by atoms with van der Waals surface area (Å²) in [7, 11) is 31.8. The summed E-state index contributed by atoms with van der Waals surface area (Å²) in [4.78, 5) is 7.21. The number of hydrogen-bond donors (Lipinski definition) is 0. The Hall–Kier alpha value is -3.73. The molecule has 0 N–H and O–H groups in total. The Labute approximate surface area is 240 Å². The van der Waals surface area contributed by atoms with Crippen molar-refractivity contribution in [3.8, 4) is 11.1 Å². The smallest absolute Gasteiger partial charge is 0.212 e. The number of rotatable bonds is 2. The van der Waals surface area contributed by atoms with Crippen molar-refractivity contribution in [2.75, 3.05) is 4.90 Å². The van der Waals surface area contributed by atoms with Crippen molar-refractivity contribution in [3.63, 3.8) is 0 Å². The fraction of sp³-hybridized carbons (Fsp3) is 0.194. The van der Waals surface area contributed by atoms with Crippen LogP contribution < -0.4 is 32.2 Å². The molecule has 0 amide bonds. The second-order valence-corrected chi connectivity index (χ2v) is 11.6. The van der Waals surface area contributed by atoms with Gasteiger partial charge in [0.2, 0.25) is 5.95 Å². The lowest BCUT2D eigenvalue weighted by Crippen LogP contribution is -2.59. The molecule has 1 aliphatic rings. The number of hydrogen-bond acceptors (Lipinski definition) is 3. The number of nitrogens with zero attached hydrogens (tertiary/aromatic N) is 3. The van der Waals surface area contributed by atoms with Crippen molar-refractivity contribution in [3.05, 3.63) is 60.7 Å². The predicted octanol–water partition coefficient (Wildman–Crippen LogP) is 2.24. The molecule has 0 atom stereocenters. The number of benzene rings is 4. The fourth-order valence-corrected chi connectivity index (χ4v) is 6.20. The first-order valence-corrected chi connectivity index (χ1v) is 13.2. The summed E-state index contributed by atoms with van der Waals surface area (Å²) in [6, 6.07) is 20.7. The summed E-state index contributed by atoms with van der Waals surface area (Å²) < 4.78 is 8.64. The van der Waals surface area contributed by atoms with Crippen LogP contribution in [0.4, 0.5) is 11.6 Å². The summed E-state index contributed by atoms with van der Waals surface area (Å²) >= 11 is 0. The first-order chi connectivity index (χ1) is 18.9. The molecule has 0 saturated carbocycles. The third-order valence-electron chi connectivity index (χ3n) is 9.05. The molecule has 0 saturated heterocycles. The highest BCUT2D eigenvalue weighted by Gasteiger charge is 2.53. The maximum absolute atomic E-state index is 6.56. The van der Waals surface area contributed by atoms with Crippen molar-refractivity contribution < 1.29 is 4.42 Å². The van der Waals surface area contributed by atoms with Crippen LogP contribution in [0.5, 0.6) is 0 Å². The lowest BCUT2D eigenvalue weighted by molar-refractivity contribution is 0.253. The van der Waals surface area contributed by atoms with Crippen LogP contribution in [-0.2, 0) is 5.54 Å². The van der Waals surface area contributed by atoms with Gasteiger partial charge in [0.05, 0.1) is 22.1 Å². The minimum Gasteiger partial charge on any atom is -0.456 e. The van der Waals surface area contributed by atoms with Crippen LogP contribution >= 0.6 is 0 Å². The number of aromatic nitrogens is 2. The van der Waals surface area contributed by atoms with E-state index >= 15 is 0 Å². The van der Waals surface area contributed by atoms with Crippen LogP contribution in [0.15, 0.2) is 65.1 Å². The highest BCUT2D eigenvalue weighted by Crippen LogP contribution is 2.51. The molecule has 7 rings (SSSR count). The van der Waals surface area contributed by atoms with E-state index in [0.717, 1.165) is 44.1 Å². The van der Waals surface area contributed by atoms with Gasteiger partial charge in [-0.2, -0.15) is 0 Å². The van der Waals surface area contributed by atoms with Crippen molar-refractivity contribution in [2.45, 2.75) is 38.8 Å². The first-order valence-electron chi connectivity index (χ1n) is 13.2. The maximum atomic E-state index is 6.56. The largest absolute Gasteiger partial charge is 0.456 e. The van der Waals surface area contributed by atoms with Crippen molar-refractivity contribution >= 4 is 111 Å². The van der Waals surface area contributed by atoms with E-state index in [0.29, 0.717) is 11.6 Å². The average molecular weight is 507 g/mol. The maximum Gasteiger partial charge on any atom is 0.212 e. The zero-order valence-corrected chi connectivity index (χ0v) is 22.9. The highest BCUT2D eigenvalue weighted by molar-refractivity contribution is 6.69. The van der Waals surface area contributed by atoms with Gasteiger partial charge in [-0.15, -0.1) is 16.4 Å². The molecule has 182 valence electrons. The Balaban J connectivity index is 1.54. The van der Waals surface area contributed by atoms with Gasteiger partial charge in [0.25, 0.3) is 0 Å². The predicted molar refractivity (Wildman–Crippen MR) is 171 cm³/mol. The Morgan fingerprint density at radius 3 is 2.02 bits per heavy atom. The minimum absolute atomic E-state index is 0.185. The second-order valence-electron chi connectivity index (χ2n) is 11.6. The molecule has 1 aliphatic heterocycles. The Morgan fingerprint density at radius 2 is 1.35 bits per heavy atom. The van der Waals surface area contributed by atoms with E-state index in [2.05, 4.69) is 62.6 Å². The highest BCUT2D eigenvalue weighted by atomic mass is 16.3. The Bertz CT molecular complexity index is 2000. The van der Waals surface area contributed by atoms with Gasteiger partial charge in [-0.25, -0.2) is 4.98 Å². The Kier molecular flexibility index (Phi) is 5.15. The van der Waals surface area contributed by atoms with E-state index in [-0.39, 0.29) is 27.3 Å². The Morgan fingerprint density at radius 1 is 0.700 bits per heavy atom. The van der Waals surface area contributed by atoms with Crippen molar-refractivity contribution in [1.82, 2.24) is 9.55 Å². The molecule has 0 bridgehead atoms. The number of imidazole rings is 1. The van der Waals surface area contributed by atoms with Crippen molar-refractivity contribution in [1.29, 1.82) is 0 Å². The molecule has 10 radical (unpaired) electrons. The van der Waals surface area contributed by atoms with E-state index in [1.54, 1.807) is 0 Å².